The molecule has 1 aliphatic rings. The topological polar surface area (TPSA) is 46.8 Å². The minimum Gasteiger partial charge on any atom is -0.288 e. The van der Waals surface area contributed by atoms with E-state index in [1.165, 1.54) is 11.1 Å². The molecule has 0 unspecified atom stereocenters. The number of rotatable bonds is 6. The Bertz CT molecular complexity index is 846. The van der Waals surface area contributed by atoms with Gasteiger partial charge in [-0.25, -0.2) is 4.68 Å². The first-order chi connectivity index (χ1) is 13.3. The van der Waals surface area contributed by atoms with Crippen molar-refractivity contribution in [2.45, 2.75) is 19.0 Å². The summed E-state index contributed by atoms with van der Waals surface area (Å²) in [5.41, 5.74) is 2.47. The predicted molar refractivity (Wildman–Crippen MR) is 110 cm³/mol. The summed E-state index contributed by atoms with van der Waals surface area (Å²) >= 11 is 8.11. The van der Waals surface area contributed by atoms with Crippen LogP contribution in [-0.4, -0.2) is 49.7 Å². The summed E-state index contributed by atoms with van der Waals surface area (Å²) in [7, 11) is 0. The molecule has 1 aliphatic heterocycles. The van der Waals surface area contributed by atoms with Gasteiger partial charge in [0.2, 0.25) is 0 Å². The average Bonchev–Trinajstić information content (AvgIpc) is 3.18. The molecule has 1 atom stereocenters. The Kier molecular flexibility index (Phi) is 6.07. The molecule has 0 radical (unpaired) electrons. The van der Waals surface area contributed by atoms with Crippen LogP contribution >= 0.6 is 23.4 Å². The maximum Gasteiger partial charge on any atom is 0.173 e. The number of aryl methyl sites for hydroxylation is 2. The zero-order valence-electron chi connectivity index (χ0n) is 15.0. The molecule has 0 saturated carbocycles. The summed E-state index contributed by atoms with van der Waals surface area (Å²) in [5, 5.41) is 13.5. The molecule has 0 bridgehead atoms. The Labute approximate surface area is 168 Å². The molecule has 140 valence electrons. The zero-order chi connectivity index (χ0) is 18.5. The third-order valence-electron chi connectivity index (χ3n) is 4.86. The standard InChI is InChI=1S/C20H22ClN5S/c21-18-8-6-17(7-9-18)19(25-12-14-27-15-13-25)20-22-23-24-26(20)11-10-16-4-2-1-3-5-16/h1-9,19H,10-15H2/t19-/m1/s1. The van der Waals surface area contributed by atoms with E-state index >= 15 is 0 Å². The van der Waals surface area contributed by atoms with Gasteiger partial charge in [-0.05, 0) is 40.1 Å². The molecule has 1 saturated heterocycles. The van der Waals surface area contributed by atoms with Gasteiger partial charge in [0.05, 0.1) is 6.04 Å². The van der Waals surface area contributed by atoms with Crippen molar-refractivity contribution in [1.82, 2.24) is 25.1 Å². The number of hydrogen-bond donors (Lipinski definition) is 0. The molecule has 1 fully saturated rings. The molecule has 0 amide bonds. The van der Waals surface area contributed by atoms with Gasteiger partial charge in [-0.2, -0.15) is 11.8 Å². The van der Waals surface area contributed by atoms with E-state index in [1.54, 1.807) is 0 Å². The van der Waals surface area contributed by atoms with Gasteiger partial charge >= 0.3 is 0 Å². The Morgan fingerprint density at radius 1 is 1.00 bits per heavy atom. The van der Waals surface area contributed by atoms with E-state index in [9.17, 15) is 0 Å². The minimum absolute atomic E-state index is 0.0499. The van der Waals surface area contributed by atoms with Crippen LogP contribution in [0.15, 0.2) is 54.6 Å². The first kappa shape index (κ1) is 18.5. The van der Waals surface area contributed by atoms with Crippen molar-refractivity contribution in [1.29, 1.82) is 0 Å². The van der Waals surface area contributed by atoms with Gasteiger partial charge in [0.25, 0.3) is 0 Å². The quantitative estimate of drug-likeness (QED) is 0.632. The fraction of sp³-hybridized carbons (Fsp3) is 0.350. The van der Waals surface area contributed by atoms with E-state index in [0.29, 0.717) is 0 Å². The third-order valence-corrected chi connectivity index (χ3v) is 6.05. The van der Waals surface area contributed by atoms with Crippen LogP contribution < -0.4 is 0 Å². The largest absolute Gasteiger partial charge is 0.288 e. The summed E-state index contributed by atoms with van der Waals surface area (Å²) in [6.45, 7) is 2.83. The van der Waals surface area contributed by atoms with Gasteiger partial charge in [-0.1, -0.05) is 54.1 Å². The van der Waals surface area contributed by atoms with E-state index in [2.05, 4.69) is 56.8 Å². The second-order valence-corrected chi connectivity index (χ2v) is 8.26. The molecule has 0 aliphatic carbocycles. The molecule has 1 aromatic heterocycles. The van der Waals surface area contributed by atoms with E-state index in [0.717, 1.165) is 48.4 Å². The van der Waals surface area contributed by atoms with Gasteiger partial charge < -0.3 is 0 Å². The molecule has 0 N–H and O–H groups in total. The van der Waals surface area contributed by atoms with Gasteiger partial charge in [-0.15, -0.1) is 5.10 Å². The van der Waals surface area contributed by atoms with Crippen LogP contribution in [-0.2, 0) is 13.0 Å². The van der Waals surface area contributed by atoms with E-state index < -0.39 is 0 Å². The highest BCUT2D eigenvalue weighted by Gasteiger charge is 2.29. The first-order valence-electron chi connectivity index (χ1n) is 9.18. The lowest BCUT2D eigenvalue weighted by atomic mass is 10.0. The third kappa shape index (κ3) is 4.51. The molecule has 5 nitrogen and oxygen atoms in total. The predicted octanol–water partition coefficient (Wildman–Crippen LogP) is 3.71. The van der Waals surface area contributed by atoms with Crippen molar-refractivity contribution >= 4 is 23.4 Å². The average molecular weight is 400 g/mol. The monoisotopic (exact) mass is 399 g/mol. The number of hydrogen-bond acceptors (Lipinski definition) is 5. The molecule has 3 aromatic rings. The van der Waals surface area contributed by atoms with Gasteiger partial charge in [0.15, 0.2) is 5.82 Å². The van der Waals surface area contributed by atoms with Crippen molar-refractivity contribution in [3.63, 3.8) is 0 Å². The lowest BCUT2D eigenvalue weighted by Crippen LogP contribution is -2.38. The highest BCUT2D eigenvalue weighted by atomic mass is 35.5. The number of thioether (sulfide) groups is 1. The summed E-state index contributed by atoms with van der Waals surface area (Å²) in [5.74, 6) is 3.17. The zero-order valence-corrected chi connectivity index (χ0v) is 16.6. The van der Waals surface area contributed by atoms with Crippen molar-refractivity contribution in [3.05, 3.63) is 76.6 Å². The number of halogens is 1. The lowest BCUT2D eigenvalue weighted by molar-refractivity contribution is 0.234. The van der Waals surface area contributed by atoms with E-state index in [4.69, 9.17) is 11.6 Å². The van der Waals surface area contributed by atoms with Crippen molar-refractivity contribution < 1.29 is 0 Å². The van der Waals surface area contributed by atoms with E-state index in [-0.39, 0.29) is 6.04 Å². The molecular formula is C20H22ClN5S. The molecule has 2 heterocycles. The van der Waals surface area contributed by atoms with Crippen LogP contribution in [0.1, 0.15) is 23.0 Å². The number of aromatic nitrogens is 4. The Balaban J connectivity index is 1.62. The molecule has 7 heteroatoms. The fourth-order valence-corrected chi connectivity index (χ4v) is 4.51. The van der Waals surface area contributed by atoms with Crippen LogP contribution in [0.2, 0.25) is 5.02 Å². The molecular weight excluding hydrogens is 378 g/mol. The smallest absolute Gasteiger partial charge is 0.173 e. The summed E-state index contributed by atoms with van der Waals surface area (Å²) in [4.78, 5) is 2.48. The second-order valence-electron chi connectivity index (χ2n) is 6.60. The van der Waals surface area contributed by atoms with Crippen molar-refractivity contribution in [2.75, 3.05) is 24.6 Å². The molecule has 2 aromatic carbocycles. The van der Waals surface area contributed by atoms with Crippen molar-refractivity contribution in [3.8, 4) is 0 Å². The van der Waals surface area contributed by atoms with Crippen LogP contribution in [0.3, 0.4) is 0 Å². The van der Waals surface area contributed by atoms with Gasteiger partial charge in [0, 0.05) is 36.2 Å². The highest BCUT2D eigenvalue weighted by Crippen LogP contribution is 2.30. The van der Waals surface area contributed by atoms with E-state index in [1.807, 2.05) is 34.6 Å². The highest BCUT2D eigenvalue weighted by molar-refractivity contribution is 7.99. The second kappa shape index (κ2) is 8.87. The minimum atomic E-state index is 0.0499. The normalized spacial score (nSPS) is 16.3. The van der Waals surface area contributed by atoms with Crippen LogP contribution in [0.5, 0.6) is 0 Å². The van der Waals surface area contributed by atoms with Crippen LogP contribution in [0.25, 0.3) is 0 Å². The van der Waals surface area contributed by atoms with Crippen LogP contribution in [0.4, 0.5) is 0 Å². The summed E-state index contributed by atoms with van der Waals surface area (Å²) in [6.07, 6.45) is 0.905. The van der Waals surface area contributed by atoms with Gasteiger partial charge in [-0.3, -0.25) is 4.90 Å². The van der Waals surface area contributed by atoms with Crippen molar-refractivity contribution in [2.24, 2.45) is 0 Å². The maximum absolute atomic E-state index is 6.11. The number of tetrazole rings is 1. The maximum atomic E-state index is 6.11. The lowest BCUT2D eigenvalue weighted by Gasteiger charge is -2.33. The molecule has 0 spiro atoms. The fourth-order valence-electron chi connectivity index (χ4n) is 3.45. The number of nitrogens with zero attached hydrogens (tertiary/aromatic N) is 5. The summed E-state index contributed by atoms with van der Waals surface area (Å²) < 4.78 is 1.95. The van der Waals surface area contributed by atoms with Gasteiger partial charge in [0.1, 0.15) is 0 Å². The Morgan fingerprint density at radius 3 is 2.48 bits per heavy atom. The Morgan fingerprint density at radius 2 is 1.74 bits per heavy atom. The summed E-state index contributed by atoms with van der Waals surface area (Å²) in [6, 6.07) is 18.6. The number of benzene rings is 2. The Hall–Kier alpha value is -1.89. The molecule has 27 heavy (non-hydrogen) atoms. The van der Waals surface area contributed by atoms with Crippen LogP contribution in [0, 0.1) is 0 Å². The molecule has 4 rings (SSSR count). The first-order valence-corrected chi connectivity index (χ1v) is 10.7. The SMILES string of the molecule is Clc1ccc([C@H](c2nnnn2CCc2ccccc2)N2CCSCC2)cc1.